The second-order valence-corrected chi connectivity index (χ2v) is 5.68. The quantitative estimate of drug-likeness (QED) is 0.787. The average Bonchev–Trinajstić information content (AvgIpc) is 2.94. The van der Waals surface area contributed by atoms with Gasteiger partial charge in [0.25, 0.3) is 0 Å². The predicted molar refractivity (Wildman–Crippen MR) is 88.3 cm³/mol. The highest BCUT2D eigenvalue weighted by Gasteiger charge is 2.19. The summed E-state index contributed by atoms with van der Waals surface area (Å²) in [4.78, 5) is 25.7. The summed E-state index contributed by atoms with van der Waals surface area (Å²) >= 11 is 0. The molecule has 1 aliphatic heterocycles. The molecule has 1 fully saturated rings. The van der Waals surface area contributed by atoms with Crippen LogP contribution in [0.5, 0.6) is 0 Å². The summed E-state index contributed by atoms with van der Waals surface area (Å²) in [5.41, 5.74) is 6.32. The first-order valence-corrected chi connectivity index (χ1v) is 7.42. The Morgan fingerprint density at radius 1 is 1.39 bits per heavy atom. The number of aromatic nitrogens is 2. The van der Waals surface area contributed by atoms with Gasteiger partial charge in [-0.05, 0) is 5.92 Å². The van der Waals surface area contributed by atoms with Crippen molar-refractivity contribution >= 4 is 29.9 Å². The van der Waals surface area contributed by atoms with E-state index in [-0.39, 0.29) is 36.7 Å². The Morgan fingerprint density at radius 3 is 2.65 bits per heavy atom. The van der Waals surface area contributed by atoms with Crippen molar-refractivity contribution in [3.63, 3.8) is 0 Å². The maximum Gasteiger partial charge on any atom is 0.244 e. The van der Waals surface area contributed by atoms with Crippen LogP contribution in [0.4, 0.5) is 5.69 Å². The molecule has 1 aromatic rings. The molecule has 2 heterocycles. The average molecular weight is 346 g/mol. The zero-order valence-corrected chi connectivity index (χ0v) is 14.2. The van der Waals surface area contributed by atoms with Gasteiger partial charge in [-0.25, -0.2) is 0 Å². The second-order valence-electron chi connectivity index (χ2n) is 5.68. The number of ether oxygens (including phenoxy) is 1. The zero-order valence-electron chi connectivity index (χ0n) is 13.4. The van der Waals surface area contributed by atoms with Gasteiger partial charge in [0, 0.05) is 19.3 Å². The smallest absolute Gasteiger partial charge is 0.244 e. The van der Waals surface area contributed by atoms with Crippen LogP contribution in [0.2, 0.25) is 0 Å². The van der Waals surface area contributed by atoms with Crippen molar-refractivity contribution in [3.05, 3.63) is 12.4 Å². The lowest BCUT2D eigenvalue weighted by Crippen LogP contribution is -2.42. The van der Waals surface area contributed by atoms with Gasteiger partial charge >= 0.3 is 0 Å². The fourth-order valence-electron chi connectivity index (χ4n) is 2.09. The maximum absolute atomic E-state index is 12.1. The topological polar surface area (TPSA) is 102 Å². The summed E-state index contributed by atoms with van der Waals surface area (Å²) in [5, 5.41) is 6.79. The van der Waals surface area contributed by atoms with E-state index in [1.165, 1.54) is 10.9 Å². The summed E-state index contributed by atoms with van der Waals surface area (Å²) in [5.74, 6) is -0.213. The Balaban J connectivity index is 0.00000264. The van der Waals surface area contributed by atoms with Crippen LogP contribution in [-0.4, -0.2) is 58.8 Å². The van der Waals surface area contributed by atoms with Gasteiger partial charge in [0.1, 0.15) is 6.54 Å². The molecular formula is C14H24ClN5O3. The van der Waals surface area contributed by atoms with E-state index < -0.39 is 6.04 Å². The molecule has 1 atom stereocenters. The summed E-state index contributed by atoms with van der Waals surface area (Å²) in [6, 6.07) is -0.571. The van der Waals surface area contributed by atoms with Gasteiger partial charge in [-0.2, -0.15) is 5.10 Å². The van der Waals surface area contributed by atoms with Crippen molar-refractivity contribution in [2.75, 3.05) is 31.6 Å². The van der Waals surface area contributed by atoms with Crippen LogP contribution in [0.1, 0.15) is 13.8 Å². The Kier molecular flexibility index (Phi) is 7.47. The Labute approximate surface area is 141 Å². The number of nitrogens with one attached hydrogen (secondary N) is 1. The Bertz CT molecular complexity index is 528. The fraction of sp³-hybridized carbons (Fsp3) is 0.643. The highest BCUT2D eigenvalue weighted by molar-refractivity contribution is 5.94. The van der Waals surface area contributed by atoms with Gasteiger partial charge < -0.3 is 20.7 Å². The van der Waals surface area contributed by atoms with Crippen molar-refractivity contribution < 1.29 is 14.3 Å². The first-order valence-electron chi connectivity index (χ1n) is 7.42. The number of nitrogens with zero attached hydrogens (tertiary/aromatic N) is 3. The van der Waals surface area contributed by atoms with Gasteiger partial charge in [-0.15, -0.1) is 12.4 Å². The van der Waals surface area contributed by atoms with Crippen molar-refractivity contribution in [2.45, 2.75) is 26.4 Å². The second kappa shape index (κ2) is 8.85. The summed E-state index contributed by atoms with van der Waals surface area (Å²) in [6.07, 6.45) is 3.14. The number of amides is 2. The van der Waals surface area contributed by atoms with E-state index in [1.807, 2.05) is 13.8 Å². The molecule has 1 saturated heterocycles. The number of carbonyl (C=O) groups excluding carboxylic acids is 2. The normalized spacial score (nSPS) is 15.9. The van der Waals surface area contributed by atoms with Gasteiger partial charge in [-0.1, -0.05) is 13.8 Å². The third kappa shape index (κ3) is 5.49. The van der Waals surface area contributed by atoms with Crippen LogP contribution in [0.3, 0.4) is 0 Å². The van der Waals surface area contributed by atoms with Crippen LogP contribution in [-0.2, 0) is 20.9 Å². The minimum absolute atomic E-state index is 0. The van der Waals surface area contributed by atoms with E-state index in [2.05, 4.69) is 10.4 Å². The number of halogens is 1. The minimum atomic E-state index is -0.571. The monoisotopic (exact) mass is 345 g/mol. The molecule has 1 aromatic heterocycles. The number of hydrogen-bond donors (Lipinski definition) is 2. The molecule has 130 valence electrons. The third-order valence-corrected chi connectivity index (χ3v) is 3.58. The van der Waals surface area contributed by atoms with Crippen LogP contribution < -0.4 is 11.1 Å². The van der Waals surface area contributed by atoms with Gasteiger partial charge in [0.15, 0.2) is 0 Å². The highest BCUT2D eigenvalue weighted by atomic mass is 35.5. The molecule has 8 nitrogen and oxygen atoms in total. The van der Waals surface area contributed by atoms with Gasteiger partial charge in [0.2, 0.25) is 11.8 Å². The molecule has 23 heavy (non-hydrogen) atoms. The lowest BCUT2D eigenvalue weighted by atomic mass is 10.1. The lowest BCUT2D eigenvalue weighted by molar-refractivity contribution is -0.136. The van der Waals surface area contributed by atoms with Crippen LogP contribution in [0, 0.1) is 5.92 Å². The van der Waals surface area contributed by atoms with Crippen molar-refractivity contribution in [1.82, 2.24) is 14.7 Å². The molecule has 2 amide bonds. The molecule has 0 aliphatic carbocycles. The molecule has 0 spiro atoms. The van der Waals surface area contributed by atoms with Gasteiger partial charge in [0.05, 0.1) is 31.1 Å². The summed E-state index contributed by atoms with van der Waals surface area (Å²) < 4.78 is 6.72. The lowest BCUT2D eigenvalue weighted by Gasteiger charge is -2.26. The number of nitrogens with two attached hydrogens (primary N) is 1. The SMILES string of the molecule is CC(C)[C@H](N)C(=O)Nc1cnn(CC(=O)N2CCOCC2)c1.Cl. The first kappa shape index (κ1) is 19.4. The zero-order chi connectivity index (χ0) is 16.1. The Hall–Kier alpha value is -1.64. The number of carbonyl (C=O) groups is 2. The molecule has 0 unspecified atom stereocenters. The van der Waals surface area contributed by atoms with Crippen molar-refractivity contribution in [2.24, 2.45) is 11.7 Å². The van der Waals surface area contributed by atoms with Crippen LogP contribution in [0.15, 0.2) is 12.4 Å². The molecule has 0 radical (unpaired) electrons. The van der Waals surface area contributed by atoms with E-state index in [0.717, 1.165) is 0 Å². The molecule has 2 rings (SSSR count). The fourth-order valence-corrected chi connectivity index (χ4v) is 2.09. The van der Waals surface area contributed by atoms with E-state index >= 15 is 0 Å². The molecule has 3 N–H and O–H groups in total. The standard InChI is InChI=1S/C14H23N5O3.ClH/c1-10(2)13(15)14(21)17-11-7-16-19(8-11)9-12(20)18-3-5-22-6-4-18;/h7-8,10,13H,3-6,9,15H2,1-2H3,(H,17,21);1H/t13-;/m0./s1. The van der Waals surface area contributed by atoms with Crippen molar-refractivity contribution in [3.8, 4) is 0 Å². The molecule has 0 bridgehead atoms. The van der Waals surface area contributed by atoms with E-state index in [0.29, 0.717) is 32.0 Å². The number of rotatable bonds is 5. The van der Waals surface area contributed by atoms with Crippen LogP contribution in [0.25, 0.3) is 0 Å². The minimum Gasteiger partial charge on any atom is -0.378 e. The van der Waals surface area contributed by atoms with E-state index in [4.69, 9.17) is 10.5 Å². The molecule has 0 aromatic carbocycles. The van der Waals surface area contributed by atoms with E-state index in [1.54, 1.807) is 11.1 Å². The Morgan fingerprint density at radius 2 is 2.04 bits per heavy atom. The summed E-state index contributed by atoms with van der Waals surface area (Å²) in [6.45, 7) is 6.26. The van der Waals surface area contributed by atoms with E-state index in [9.17, 15) is 9.59 Å². The maximum atomic E-state index is 12.1. The number of hydrogen-bond acceptors (Lipinski definition) is 5. The van der Waals surface area contributed by atoms with Crippen molar-refractivity contribution in [1.29, 1.82) is 0 Å². The van der Waals surface area contributed by atoms with Gasteiger partial charge in [-0.3, -0.25) is 14.3 Å². The molecule has 1 aliphatic rings. The molecule has 9 heteroatoms. The largest absolute Gasteiger partial charge is 0.378 e. The summed E-state index contributed by atoms with van der Waals surface area (Å²) in [7, 11) is 0. The third-order valence-electron chi connectivity index (χ3n) is 3.58. The number of morpholine rings is 1. The van der Waals surface area contributed by atoms with Crippen LogP contribution >= 0.6 is 12.4 Å². The molecular weight excluding hydrogens is 322 g/mol. The number of anilines is 1. The first-order chi connectivity index (χ1) is 10.5. The molecule has 0 saturated carbocycles. The predicted octanol–water partition coefficient (Wildman–Crippen LogP) is 0.0855. The highest BCUT2D eigenvalue weighted by Crippen LogP contribution is 2.08.